The standard InChI is InChI=1S/C10H17N5O3/c1-3-4-7(9(16)17)13-10(18)15(2)5-8-11-6-12-14-8/h6-7H,3-5H2,1-2H3,(H,13,18)(H,16,17)(H,11,12,14)/t7-/m1/s1. The van der Waals surface area contributed by atoms with Crippen LogP contribution in [0.3, 0.4) is 0 Å². The van der Waals surface area contributed by atoms with Crippen LogP contribution >= 0.6 is 0 Å². The fourth-order valence-corrected chi connectivity index (χ4v) is 1.41. The number of aromatic amines is 1. The highest BCUT2D eigenvalue weighted by Gasteiger charge is 2.21. The number of amides is 2. The summed E-state index contributed by atoms with van der Waals surface area (Å²) in [5.74, 6) is -0.492. The van der Waals surface area contributed by atoms with Crippen LogP contribution in [0.25, 0.3) is 0 Å². The van der Waals surface area contributed by atoms with E-state index in [0.29, 0.717) is 18.7 Å². The average Bonchev–Trinajstić information content (AvgIpc) is 2.80. The zero-order valence-corrected chi connectivity index (χ0v) is 10.4. The highest BCUT2D eigenvalue weighted by Crippen LogP contribution is 2.00. The summed E-state index contributed by atoms with van der Waals surface area (Å²) in [6, 6.07) is -1.31. The topological polar surface area (TPSA) is 111 Å². The van der Waals surface area contributed by atoms with Gasteiger partial charge in [-0.2, -0.15) is 5.10 Å². The van der Waals surface area contributed by atoms with E-state index in [1.807, 2.05) is 6.92 Å². The van der Waals surface area contributed by atoms with Crippen molar-refractivity contribution in [2.24, 2.45) is 0 Å². The summed E-state index contributed by atoms with van der Waals surface area (Å²) in [4.78, 5) is 27.9. The maximum Gasteiger partial charge on any atom is 0.326 e. The molecule has 0 aliphatic carbocycles. The van der Waals surface area contributed by atoms with Crippen LogP contribution in [0.4, 0.5) is 4.79 Å². The summed E-state index contributed by atoms with van der Waals surface area (Å²) in [5.41, 5.74) is 0. The van der Waals surface area contributed by atoms with E-state index in [1.54, 1.807) is 7.05 Å². The number of urea groups is 1. The van der Waals surface area contributed by atoms with Crippen LogP contribution in [-0.2, 0) is 11.3 Å². The van der Waals surface area contributed by atoms with E-state index in [9.17, 15) is 9.59 Å². The van der Waals surface area contributed by atoms with Gasteiger partial charge in [0.1, 0.15) is 18.2 Å². The number of aromatic nitrogens is 3. The Kier molecular flexibility index (Phi) is 5.09. The number of nitrogens with one attached hydrogen (secondary N) is 2. The fourth-order valence-electron chi connectivity index (χ4n) is 1.41. The summed E-state index contributed by atoms with van der Waals surface area (Å²) in [7, 11) is 1.56. The van der Waals surface area contributed by atoms with E-state index in [4.69, 9.17) is 5.11 Å². The summed E-state index contributed by atoms with van der Waals surface area (Å²) in [6.45, 7) is 2.10. The smallest absolute Gasteiger partial charge is 0.326 e. The van der Waals surface area contributed by atoms with Crippen molar-refractivity contribution in [1.29, 1.82) is 0 Å². The van der Waals surface area contributed by atoms with Crippen molar-refractivity contribution in [2.45, 2.75) is 32.4 Å². The predicted molar refractivity (Wildman–Crippen MR) is 62.7 cm³/mol. The van der Waals surface area contributed by atoms with Crippen molar-refractivity contribution in [2.75, 3.05) is 7.05 Å². The first kappa shape index (κ1) is 13.9. The number of hydrogen-bond acceptors (Lipinski definition) is 4. The second-order valence-corrected chi connectivity index (χ2v) is 3.92. The first-order valence-corrected chi connectivity index (χ1v) is 5.63. The number of carbonyl (C=O) groups is 2. The first-order valence-electron chi connectivity index (χ1n) is 5.63. The number of carbonyl (C=O) groups excluding carboxylic acids is 1. The molecule has 1 aromatic heterocycles. The number of hydrogen-bond donors (Lipinski definition) is 3. The maximum absolute atomic E-state index is 11.7. The third-order valence-electron chi connectivity index (χ3n) is 2.37. The zero-order chi connectivity index (χ0) is 13.5. The Hall–Kier alpha value is -2.12. The molecule has 2 amide bonds. The normalized spacial score (nSPS) is 11.9. The molecule has 0 radical (unpaired) electrons. The second kappa shape index (κ2) is 6.58. The van der Waals surface area contributed by atoms with Gasteiger partial charge >= 0.3 is 12.0 Å². The number of carboxylic acid groups (broad SMARTS) is 1. The summed E-state index contributed by atoms with van der Waals surface area (Å²) >= 11 is 0. The number of H-pyrrole nitrogens is 1. The molecule has 0 spiro atoms. The molecule has 8 nitrogen and oxygen atoms in total. The van der Waals surface area contributed by atoms with Crippen molar-refractivity contribution in [3.8, 4) is 0 Å². The quantitative estimate of drug-likeness (QED) is 0.672. The van der Waals surface area contributed by atoms with Crippen LogP contribution in [-0.4, -0.2) is 50.3 Å². The van der Waals surface area contributed by atoms with Gasteiger partial charge in [-0.05, 0) is 6.42 Å². The number of nitrogens with zero attached hydrogens (tertiary/aromatic N) is 3. The Morgan fingerprint density at radius 3 is 2.83 bits per heavy atom. The lowest BCUT2D eigenvalue weighted by Gasteiger charge is -2.20. The van der Waals surface area contributed by atoms with Crippen molar-refractivity contribution < 1.29 is 14.7 Å². The zero-order valence-electron chi connectivity index (χ0n) is 10.4. The molecule has 0 fully saturated rings. The summed E-state index contributed by atoms with van der Waals surface area (Å²) in [5, 5.41) is 17.7. The lowest BCUT2D eigenvalue weighted by atomic mass is 10.2. The molecule has 0 saturated heterocycles. The Bertz CT molecular complexity index is 392. The molecule has 0 unspecified atom stereocenters. The molecule has 100 valence electrons. The van der Waals surface area contributed by atoms with Gasteiger partial charge in [0, 0.05) is 7.05 Å². The molecule has 0 saturated carbocycles. The van der Waals surface area contributed by atoms with E-state index in [0.717, 1.165) is 0 Å². The summed E-state index contributed by atoms with van der Waals surface area (Å²) in [6.07, 6.45) is 2.43. The molecule has 0 aromatic carbocycles. The minimum atomic E-state index is -1.03. The van der Waals surface area contributed by atoms with Gasteiger partial charge in [-0.1, -0.05) is 13.3 Å². The highest BCUT2D eigenvalue weighted by atomic mass is 16.4. The lowest BCUT2D eigenvalue weighted by Crippen LogP contribution is -2.46. The minimum Gasteiger partial charge on any atom is -0.480 e. The molecule has 0 bridgehead atoms. The van der Waals surface area contributed by atoms with Crippen LogP contribution in [0, 0.1) is 0 Å². The SMILES string of the molecule is CCC[C@@H](NC(=O)N(C)Cc1ncn[nH]1)C(=O)O. The van der Waals surface area contributed by atoms with Crippen LogP contribution in [0.2, 0.25) is 0 Å². The van der Waals surface area contributed by atoms with Gasteiger partial charge in [0.15, 0.2) is 0 Å². The first-order chi connectivity index (χ1) is 8.54. The van der Waals surface area contributed by atoms with Crippen molar-refractivity contribution in [3.05, 3.63) is 12.2 Å². The number of carboxylic acids is 1. The molecule has 1 atom stereocenters. The third-order valence-corrected chi connectivity index (χ3v) is 2.37. The molecule has 0 aliphatic heterocycles. The van der Waals surface area contributed by atoms with Crippen LogP contribution in [0.15, 0.2) is 6.33 Å². The van der Waals surface area contributed by atoms with Gasteiger partial charge in [-0.3, -0.25) is 5.10 Å². The second-order valence-electron chi connectivity index (χ2n) is 3.92. The molecule has 0 aliphatic rings. The fraction of sp³-hybridized carbons (Fsp3) is 0.600. The monoisotopic (exact) mass is 255 g/mol. The van der Waals surface area contributed by atoms with Gasteiger partial charge in [-0.15, -0.1) is 0 Å². The van der Waals surface area contributed by atoms with Gasteiger partial charge in [0.05, 0.1) is 6.54 Å². The van der Waals surface area contributed by atoms with E-state index < -0.39 is 18.0 Å². The third kappa shape index (κ3) is 4.04. The Balaban J connectivity index is 2.50. The molecule has 3 N–H and O–H groups in total. The number of aliphatic carboxylic acids is 1. The van der Waals surface area contributed by atoms with Crippen LogP contribution < -0.4 is 5.32 Å². The molecule has 1 rings (SSSR count). The van der Waals surface area contributed by atoms with Gasteiger partial charge in [-0.25, -0.2) is 14.6 Å². The van der Waals surface area contributed by atoms with Crippen molar-refractivity contribution in [1.82, 2.24) is 25.4 Å². The van der Waals surface area contributed by atoms with Crippen LogP contribution in [0.1, 0.15) is 25.6 Å². The van der Waals surface area contributed by atoms with E-state index in [1.165, 1.54) is 11.2 Å². The molecular formula is C10H17N5O3. The predicted octanol–water partition coefficient (Wildman–Crippen LogP) is 0.199. The number of rotatable bonds is 6. The molecular weight excluding hydrogens is 238 g/mol. The maximum atomic E-state index is 11.7. The molecule has 18 heavy (non-hydrogen) atoms. The van der Waals surface area contributed by atoms with Gasteiger partial charge in [0.25, 0.3) is 0 Å². The molecule has 1 heterocycles. The van der Waals surface area contributed by atoms with E-state index in [2.05, 4.69) is 20.5 Å². The van der Waals surface area contributed by atoms with Gasteiger partial charge in [0.2, 0.25) is 0 Å². The van der Waals surface area contributed by atoms with E-state index >= 15 is 0 Å². The lowest BCUT2D eigenvalue weighted by molar-refractivity contribution is -0.139. The van der Waals surface area contributed by atoms with Gasteiger partial charge < -0.3 is 15.3 Å². The Morgan fingerprint density at radius 2 is 2.33 bits per heavy atom. The Labute approximate surface area is 104 Å². The van der Waals surface area contributed by atoms with Crippen molar-refractivity contribution >= 4 is 12.0 Å². The largest absolute Gasteiger partial charge is 0.480 e. The van der Waals surface area contributed by atoms with Crippen LogP contribution in [0.5, 0.6) is 0 Å². The average molecular weight is 255 g/mol. The Morgan fingerprint density at radius 1 is 1.61 bits per heavy atom. The minimum absolute atomic E-state index is 0.240. The highest BCUT2D eigenvalue weighted by molar-refractivity contribution is 5.82. The van der Waals surface area contributed by atoms with Crippen molar-refractivity contribution in [3.63, 3.8) is 0 Å². The molecule has 8 heteroatoms. The summed E-state index contributed by atoms with van der Waals surface area (Å²) < 4.78 is 0. The van der Waals surface area contributed by atoms with E-state index in [-0.39, 0.29) is 6.54 Å². The molecule has 1 aromatic rings.